The predicted molar refractivity (Wildman–Crippen MR) is 139 cm³/mol. The van der Waals surface area contributed by atoms with Crippen LogP contribution in [0.25, 0.3) is 0 Å². The SMILES string of the molecule is C1=CC(P(c2ccccc2)c2ccccc2)C=C1P(c1ccccc1)c1ccccc1. The van der Waals surface area contributed by atoms with Gasteiger partial charge in [-0.05, 0) is 42.4 Å². The molecule has 1 atom stereocenters. The van der Waals surface area contributed by atoms with E-state index in [2.05, 4.69) is 140 Å². The van der Waals surface area contributed by atoms with Crippen molar-refractivity contribution in [1.82, 2.24) is 0 Å². The highest BCUT2D eigenvalue weighted by Crippen LogP contribution is 2.51. The maximum atomic E-state index is 2.54. The highest BCUT2D eigenvalue weighted by atomic mass is 31.1. The summed E-state index contributed by atoms with van der Waals surface area (Å²) < 4.78 is 0. The second-order valence-corrected chi connectivity index (χ2v) is 12.1. The van der Waals surface area contributed by atoms with Crippen LogP contribution in [0.4, 0.5) is 0 Å². The van der Waals surface area contributed by atoms with Crippen LogP contribution in [0.3, 0.4) is 0 Å². The molecule has 0 spiro atoms. The Morgan fingerprint density at radius 2 is 0.839 bits per heavy atom. The summed E-state index contributed by atoms with van der Waals surface area (Å²) in [6.45, 7) is 0. The van der Waals surface area contributed by atoms with Gasteiger partial charge >= 0.3 is 0 Å². The number of rotatable bonds is 6. The fourth-order valence-corrected chi connectivity index (χ4v) is 9.10. The molecule has 0 fully saturated rings. The maximum absolute atomic E-state index is 2.54. The molecule has 4 aromatic carbocycles. The van der Waals surface area contributed by atoms with Gasteiger partial charge in [-0.3, -0.25) is 0 Å². The van der Waals surface area contributed by atoms with Crippen LogP contribution < -0.4 is 21.2 Å². The minimum atomic E-state index is -0.557. The molecule has 1 unspecified atom stereocenters. The predicted octanol–water partition coefficient (Wildman–Crippen LogP) is 6.07. The molecule has 0 bridgehead atoms. The van der Waals surface area contributed by atoms with Crippen LogP contribution in [0.5, 0.6) is 0 Å². The molecular formula is C29H24P2. The monoisotopic (exact) mass is 434 g/mol. The molecule has 31 heavy (non-hydrogen) atoms. The molecule has 0 heterocycles. The van der Waals surface area contributed by atoms with Crippen LogP contribution in [0.2, 0.25) is 0 Å². The van der Waals surface area contributed by atoms with Crippen molar-refractivity contribution in [3.63, 3.8) is 0 Å². The van der Waals surface area contributed by atoms with E-state index in [9.17, 15) is 0 Å². The van der Waals surface area contributed by atoms with Crippen molar-refractivity contribution < 1.29 is 0 Å². The smallest absolute Gasteiger partial charge is 0.0243 e. The average Bonchev–Trinajstić information content (AvgIpc) is 3.31. The molecule has 1 aliphatic rings. The van der Waals surface area contributed by atoms with Gasteiger partial charge < -0.3 is 0 Å². The van der Waals surface area contributed by atoms with Crippen molar-refractivity contribution in [2.24, 2.45) is 0 Å². The summed E-state index contributed by atoms with van der Waals surface area (Å²) in [5.74, 6) is 0. The van der Waals surface area contributed by atoms with E-state index in [1.54, 1.807) is 0 Å². The minimum Gasteiger partial charge on any atom is -0.0720 e. The molecule has 2 heteroatoms. The van der Waals surface area contributed by atoms with E-state index < -0.39 is 15.8 Å². The Labute approximate surface area is 187 Å². The van der Waals surface area contributed by atoms with Gasteiger partial charge in [0.1, 0.15) is 0 Å². The molecule has 5 rings (SSSR count). The molecule has 0 amide bonds. The third-order valence-corrected chi connectivity index (χ3v) is 10.5. The summed E-state index contributed by atoms with van der Waals surface area (Å²) in [5, 5.41) is 7.13. The van der Waals surface area contributed by atoms with Gasteiger partial charge in [0.2, 0.25) is 0 Å². The van der Waals surface area contributed by atoms with E-state index in [4.69, 9.17) is 0 Å². The van der Waals surface area contributed by atoms with Gasteiger partial charge in [-0.25, -0.2) is 0 Å². The average molecular weight is 434 g/mol. The zero-order valence-electron chi connectivity index (χ0n) is 17.3. The standard InChI is InChI=1S/C29H24P2/c1-5-13-24(14-6-1)30(25-15-7-2-8-16-25)28-21-22-29(23-28)31(26-17-9-3-10-18-26)27-19-11-4-12-20-27/h1-23,28H. The lowest BCUT2D eigenvalue weighted by atomic mass is 10.4. The molecule has 0 aliphatic heterocycles. The van der Waals surface area contributed by atoms with E-state index >= 15 is 0 Å². The first-order valence-electron chi connectivity index (χ1n) is 10.6. The second kappa shape index (κ2) is 9.57. The van der Waals surface area contributed by atoms with Crippen LogP contribution in [-0.4, -0.2) is 5.66 Å². The van der Waals surface area contributed by atoms with Crippen molar-refractivity contribution in [1.29, 1.82) is 0 Å². The van der Waals surface area contributed by atoms with Crippen molar-refractivity contribution in [3.8, 4) is 0 Å². The quantitative estimate of drug-likeness (QED) is 0.323. The van der Waals surface area contributed by atoms with Gasteiger partial charge in [0.05, 0.1) is 0 Å². The topological polar surface area (TPSA) is 0 Å². The van der Waals surface area contributed by atoms with Gasteiger partial charge in [0.25, 0.3) is 0 Å². The summed E-state index contributed by atoms with van der Waals surface area (Å²) >= 11 is 0. The first-order valence-corrected chi connectivity index (χ1v) is 13.3. The van der Waals surface area contributed by atoms with Crippen LogP contribution in [-0.2, 0) is 0 Å². The molecule has 0 nitrogen and oxygen atoms in total. The van der Waals surface area contributed by atoms with E-state index in [0.29, 0.717) is 5.66 Å². The summed E-state index contributed by atoms with van der Waals surface area (Å²) in [7, 11) is -1.05. The third kappa shape index (κ3) is 4.47. The minimum absolute atomic E-state index is 0.409. The van der Waals surface area contributed by atoms with Crippen LogP contribution in [0.1, 0.15) is 0 Å². The lowest BCUT2D eigenvalue weighted by molar-refractivity contribution is 1.44. The highest BCUT2D eigenvalue weighted by Gasteiger charge is 2.27. The largest absolute Gasteiger partial charge is 0.0720 e. The number of allylic oxidation sites excluding steroid dienone is 4. The van der Waals surface area contributed by atoms with E-state index in [1.807, 2.05) is 0 Å². The molecule has 150 valence electrons. The highest BCUT2D eigenvalue weighted by molar-refractivity contribution is 7.77. The van der Waals surface area contributed by atoms with Crippen LogP contribution in [0, 0.1) is 0 Å². The number of hydrogen-bond donors (Lipinski definition) is 0. The Morgan fingerprint density at radius 1 is 0.452 bits per heavy atom. The molecule has 0 radical (unpaired) electrons. The van der Waals surface area contributed by atoms with E-state index in [-0.39, 0.29) is 0 Å². The summed E-state index contributed by atoms with van der Waals surface area (Å²) in [4.78, 5) is 0. The van der Waals surface area contributed by atoms with Crippen LogP contribution >= 0.6 is 15.8 Å². The molecule has 0 saturated carbocycles. The molecule has 1 aliphatic carbocycles. The van der Waals surface area contributed by atoms with Gasteiger partial charge in [-0.2, -0.15) is 0 Å². The maximum Gasteiger partial charge on any atom is 0.0243 e. The van der Waals surface area contributed by atoms with E-state index in [1.165, 1.54) is 26.5 Å². The zero-order valence-corrected chi connectivity index (χ0v) is 19.0. The van der Waals surface area contributed by atoms with Crippen molar-refractivity contribution in [3.05, 3.63) is 145 Å². The van der Waals surface area contributed by atoms with Gasteiger partial charge in [-0.1, -0.05) is 140 Å². The van der Waals surface area contributed by atoms with Gasteiger partial charge in [0, 0.05) is 5.66 Å². The van der Waals surface area contributed by atoms with Crippen LogP contribution in [0.15, 0.2) is 145 Å². The Morgan fingerprint density at radius 3 is 1.26 bits per heavy atom. The molecule has 0 N–H and O–H groups in total. The van der Waals surface area contributed by atoms with E-state index in [0.717, 1.165) is 0 Å². The summed E-state index contributed by atoms with van der Waals surface area (Å²) in [5.41, 5.74) is 0.409. The molecule has 4 aromatic rings. The number of benzene rings is 4. The first-order chi connectivity index (χ1) is 15.4. The first kappa shape index (κ1) is 20.1. The fraction of sp³-hybridized carbons (Fsp3) is 0.0345. The number of hydrogen-bond acceptors (Lipinski definition) is 0. The Balaban J connectivity index is 1.57. The lowest BCUT2D eigenvalue weighted by Crippen LogP contribution is -2.18. The Kier molecular flexibility index (Phi) is 6.22. The van der Waals surface area contributed by atoms with Crippen molar-refractivity contribution >= 4 is 37.1 Å². The molecular weight excluding hydrogens is 410 g/mol. The fourth-order valence-electron chi connectivity index (χ4n) is 4.06. The summed E-state index contributed by atoms with van der Waals surface area (Å²) in [6.07, 6.45) is 7.36. The van der Waals surface area contributed by atoms with Crippen molar-refractivity contribution in [2.45, 2.75) is 5.66 Å². The zero-order chi connectivity index (χ0) is 20.9. The van der Waals surface area contributed by atoms with Gasteiger partial charge in [0.15, 0.2) is 0 Å². The Bertz CT molecular complexity index is 1090. The normalized spacial score (nSPS) is 15.4. The third-order valence-electron chi connectivity index (χ3n) is 5.46. The Hall–Kier alpha value is -2.78. The lowest BCUT2D eigenvalue weighted by Gasteiger charge is -2.24. The van der Waals surface area contributed by atoms with Gasteiger partial charge in [-0.15, -0.1) is 0 Å². The molecule has 0 saturated heterocycles. The second-order valence-electron chi connectivity index (χ2n) is 7.49. The van der Waals surface area contributed by atoms with Crippen molar-refractivity contribution in [2.75, 3.05) is 0 Å². The molecule has 0 aromatic heterocycles. The summed E-state index contributed by atoms with van der Waals surface area (Å²) in [6, 6.07) is 44.0.